The fourth-order valence-electron chi connectivity index (χ4n) is 1.97. The van der Waals surface area contributed by atoms with E-state index in [0.717, 1.165) is 11.4 Å². The average Bonchev–Trinajstić information content (AvgIpc) is 2.47. The number of aromatic nitrogens is 1. The molecule has 2 rings (SSSR count). The van der Waals surface area contributed by atoms with Crippen LogP contribution in [0.15, 0.2) is 47.4 Å². The summed E-state index contributed by atoms with van der Waals surface area (Å²) >= 11 is 0. The summed E-state index contributed by atoms with van der Waals surface area (Å²) in [7, 11) is 0. The SMILES string of the molecule is Cc1cc(=O)c(C(=O)N[C@H](C)[C@@H](C)Oc2ccccc2)c[nH]1. The van der Waals surface area contributed by atoms with Gasteiger partial charge in [0.05, 0.1) is 6.04 Å². The van der Waals surface area contributed by atoms with Crippen molar-refractivity contribution < 1.29 is 9.53 Å². The average molecular weight is 300 g/mol. The minimum absolute atomic E-state index is 0.101. The van der Waals surface area contributed by atoms with Gasteiger partial charge in [0, 0.05) is 18.0 Å². The Bertz CT molecular complexity index is 695. The van der Waals surface area contributed by atoms with Gasteiger partial charge in [-0.2, -0.15) is 0 Å². The molecule has 116 valence electrons. The smallest absolute Gasteiger partial charge is 0.257 e. The van der Waals surface area contributed by atoms with E-state index < -0.39 is 5.91 Å². The molecule has 1 heterocycles. The monoisotopic (exact) mass is 300 g/mol. The summed E-state index contributed by atoms with van der Waals surface area (Å²) in [4.78, 5) is 26.8. The number of H-pyrrole nitrogens is 1. The summed E-state index contributed by atoms with van der Waals surface area (Å²) in [6.45, 7) is 5.48. The van der Waals surface area contributed by atoms with Gasteiger partial charge in [-0.15, -0.1) is 0 Å². The lowest BCUT2D eigenvalue weighted by Crippen LogP contribution is -2.43. The number of carbonyl (C=O) groups excluding carboxylic acids is 1. The van der Waals surface area contributed by atoms with Crippen molar-refractivity contribution in [1.82, 2.24) is 10.3 Å². The maximum Gasteiger partial charge on any atom is 0.257 e. The number of hydrogen-bond acceptors (Lipinski definition) is 3. The van der Waals surface area contributed by atoms with Gasteiger partial charge >= 0.3 is 0 Å². The van der Waals surface area contributed by atoms with E-state index in [1.807, 2.05) is 44.2 Å². The van der Waals surface area contributed by atoms with Gasteiger partial charge in [0.1, 0.15) is 17.4 Å². The summed E-state index contributed by atoms with van der Waals surface area (Å²) in [5.74, 6) is 0.335. The predicted octanol–water partition coefficient (Wildman–Crippen LogP) is 2.27. The van der Waals surface area contributed by atoms with Crippen molar-refractivity contribution in [1.29, 1.82) is 0 Å². The topological polar surface area (TPSA) is 71.2 Å². The Hall–Kier alpha value is -2.56. The van der Waals surface area contributed by atoms with Gasteiger partial charge < -0.3 is 15.0 Å². The van der Waals surface area contributed by atoms with Crippen molar-refractivity contribution in [3.8, 4) is 5.75 Å². The standard InChI is InChI=1S/C17H20N2O3/c1-11-9-16(20)15(10-18-11)17(21)19-12(2)13(3)22-14-7-5-4-6-8-14/h4-10,12-13H,1-3H3,(H,18,20)(H,19,21)/t12-,13-/m1/s1. The molecule has 0 aliphatic heterocycles. The van der Waals surface area contributed by atoms with Crippen LogP contribution in [0.4, 0.5) is 0 Å². The van der Waals surface area contributed by atoms with Crippen LogP contribution in [-0.2, 0) is 0 Å². The van der Waals surface area contributed by atoms with Gasteiger partial charge in [0.2, 0.25) is 0 Å². The van der Waals surface area contributed by atoms with E-state index in [1.54, 1.807) is 6.92 Å². The lowest BCUT2D eigenvalue weighted by atomic mass is 10.1. The highest BCUT2D eigenvalue weighted by atomic mass is 16.5. The Labute approximate surface area is 129 Å². The minimum Gasteiger partial charge on any atom is -0.489 e. The lowest BCUT2D eigenvalue weighted by molar-refractivity contribution is 0.0892. The summed E-state index contributed by atoms with van der Waals surface area (Å²) < 4.78 is 5.76. The van der Waals surface area contributed by atoms with E-state index >= 15 is 0 Å². The normalized spacial score (nSPS) is 13.2. The zero-order valence-corrected chi connectivity index (χ0v) is 12.9. The largest absolute Gasteiger partial charge is 0.489 e. The number of aromatic amines is 1. The van der Waals surface area contributed by atoms with Crippen molar-refractivity contribution in [3.05, 3.63) is 64.1 Å². The number of carbonyl (C=O) groups is 1. The number of aryl methyl sites for hydroxylation is 1. The Kier molecular flexibility index (Phi) is 4.99. The molecule has 2 atom stereocenters. The Morgan fingerprint density at radius 1 is 1.23 bits per heavy atom. The number of rotatable bonds is 5. The van der Waals surface area contributed by atoms with E-state index in [4.69, 9.17) is 4.74 Å². The minimum atomic E-state index is -0.405. The molecule has 5 nitrogen and oxygen atoms in total. The van der Waals surface area contributed by atoms with Crippen molar-refractivity contribution in [3.63, 3.8) is 0 Å². The highest BCUT2D eigenvalue weighted by Gasteiger charge is 2.18. The molecule has 22 heavy (non-hydrogen) atoms. The number of amides is 1. The third kappa shape index (κ3) is 3.97. The van der Waals surface area contributed by atoms with Crippen LogP contribution >= 0.6 is 0 Å². The predicted molar refractivity (Wildman–Crippen MR) is 85.3 cm³/mol. The van der Waals surface area contributed by atoms with Crippen LogP contribution < -0.4 is 15.5 Å². The van der Waals surface area contributed by atoms with E-state index in [9.17, 15) is 9.59 Å². The van der Waals surface area contributed by atoms with Crippen LogP contribution in [0, 0.1) is 6.92 Å². The van der Waals surface area contributed by atoms with Gasteiger partial charge in [0.25, 0.3) is 5.91 Å². The van der Waals surface area contributed by atoms with Crippen molar-refractivity contribution in [2.45, 2.75) is 32.9 Å². The fourth-order valence-corrected chi connectivity index (χ4v) is 1.97. The lowest BCUT2D eigenvalue weighted by Gasteiger charge is -2.22. The maximum atomic E-state index is 12.2. The summed E-state index contributed by atoms with van der Waals surface area (Å²) in [5.41, 5.74) is 0.525. The van der Waals surface area contributed by atoms with Crippen LogP contribution in [0.1, 0.15) is 29.9 Å². The molecule has 0 radical (unpaired) electrons. The molecule has 0 saturated heterocycles. The fraction of sp³-hybridized carbons (Fsp3) is 0.294. The van der Waals surface area contributed by atoms with E-state index in [-0.39, 0.29) is 23.1 Å². The molecule has 0 aliphatic carbocycles. The molecule has 1 amide bonds. The summed E-state index contributed by atoms with van der Waals surface area (Å²) in [5, 5.41) is 2.79. The zero-order chi connectivity index (χ0) is 16.1. The number of ether oxygens (including phenoxy) is 1. The van der Waals surface area contributed by atoms with Gasteiger partial charge in [-0.25, -0.2) is 0 Å². The molecule has 2 aromatic rings. The van der Waals surface area contributed by atoms with Crippen LogP contribution in [-0.4, -0.2) is 23.0 Å². The quantitative estimate of drug-likeness (QED) is 0.890. The molecule has 0 aliphatic rings. The third-order valence-corrected chi connectivity index (χ3v) is 3.43. The van der Waals surface area contributed by atoms with Crippen molar-refractivity contribution in [2.24, 2.45) is 0 Å². The third-order valence-electron chi connectivity index (χ3n) is 3.43. The summed E-state index contributed by atoms with van der Waals surface area (Å²) in [6, 6.07) is 10.6. The first-order chi connectivity index (χ1) is 10.5. The Balaban J connectivity index is 2.00. The second kappa shape index (κ2) is 6.93. The number of hydrogen-bond donors (Lipinski definition) is 2. The van der Waals surface area contributed by atoms with Crippen LogP contribution in [0.25, 0.3) is 0 Å². The van der Waals surface area contributed by atoms with E-state index in [2.05, 4.69) is 10.3 Å². The zero-order valence-electron chi connectivity index (χ0n) is 12.9. The van der Waals surface area contributed by atoms with Crippen LogP contribution in [0.3, 0.4) is 0 Å². The Morgan fingerprint density at radius 3 is 2.55 bits per heavy atom. The molecule has 0 saturated carbocycles. The highest BCUT2D eigenvalue weighted by molar-refractivity contribution is 5.94. The number of benzene rings is 1. The van der Waals surface area contributed by atoms with Crippen LogP contribution in [0.2, 0.25) is 0 Å². The molecule has 0 fully saturated rings. The number of nitrogens with one attached hydrogen (secondary N) is 2. The molecular weight excluding hydrogens is 280 g/mol. The second-order valence-corrected chi connectivity index (χ2v) is 5.29. The molecule has 0 spiro atoms. The highest BCUT2D eigenvalue weighted by Crippen LogP contribution is 2.12. The molecule has 5 heteroatoms. The second-order valence-electron chi connectivity index (χ2n) is 5.29. The van der Waals surface area contributed by atoms with Gasteiger partial charge in [0.15, 0.2) is 5.43 Å². The number of pyridine rings is 1. The molecule has 0 unspecified atom stereocenters. The van der Waals surface area contributed by atoms with E-state index in [1.165, 1.54) is 12.3 Å². The molecular formula is C17H20N2O3. The van der Waals surface area contributed by atoms with Gasteiger partial charge in [-0.1, -0.05) is 18.2 Å². The molecule has 2 N–H and O–H groups in total. The van der Waals surface area contributed by atoms with E-state index in [0.29, 0.717) is 0 Å². The van der Waals surface area contributed by atoms with Crippen molar-refractivity contribution in [2.75, 3.05) is 0 Å². The molecule has 1 aromatic carbocycles. The first-order valence-corrected chi connectivity index (χ1v) is 7.19. The maximum absolute atomic E-state index is 12.2. The first-order valence-electron chi connectivity index (χ1n) is 7.19. The van der Waals surface area contributed by atoms with Crippen molar-refractivity contribution >= 4 is 5.91 Å². The Morgan fingerprint density at radius 2 is 1.91 bits per heavy atom. The van der Waals surface area contributed by atoms with Gasteiger partial charge in [-0.05, 0) is 32.9 Å². The van der Waals surface area contributed by atoms with Gasteiger partial charge in [-0.3, -0.25) is 9.59 Å². The van der Waals surface area contributed by atoms with Crippen LogP contribution in [0.5, 0.6) is 5.75 Å². The first kappa shape index (κ1) is 15.8. The molecule has 0 bridgehead atoms. The number of para-hydroxylation sites is 1. The summed E-state index contributed by atoms with van der Waals surface area (Å²) in [6.07, 6.45) is 1.21. The molecule has 1 aromatic heterocycles.